The van der Waals surface area contributed by atoms with Crippen molar-refractivity contribution in [3.05, 3.63) is 11.4 Å². The molecule has 20 heavy (non-hydrogen) atoms. The maximum Gasteiger partial charge on any atom is 0.271 e. The highest BCUT2D eigenvalue weighted by Crippen LogP contribution is 2.20. The Bertz CT molecular complexity index is 474. The van der Waals surface area contributed by atoms with Crippen molar-refractivity contribution >= 4 is 11.6 Å². The lowest BCUT2D eigenvalue weighted by Crippen LogP contribution is -2.35. The quantitative estimate of drug-likeness (QED) is 0.753. The predicted molar refractivity (Wildman–Crippen MR) is 79.4 cm³/mol. The molecule has 0 aliphatic heterocycles. The van der Waals surface area contributed by atoms with E-state index in [1.165, 1.54) is 4.68 Å². The van der Waals surface area contributed by atoms with Crippen molar-refractivity contribution in [2.75, 3.05) is 12.3 Å². The largest absolute Gasteiger partial charge is 0.395 e. The number of nitrogen functional groups attached to an aromatic ring is 1. The number of rotatable bonds is 5. The van der Waals surface area contributed by atoms with Crippen LogP contribution in [-0.2, 0) is 13.5 Å². The third kappa shape index (κ3) is 4.23. The Balaban J connectivity index is 2.66. The van der Waals surface area contributed by atoms with Gasteiger partial charge in [-0.2, -0.15) is 5.10 Å². The first kappa shape index (κ1) is 16.5. The molecule has 0 spiro atoms. The van der Waals surface area contributed by atoms with E-state index in [1.54, 1.807) is 7.05 Å². The topological polar surface area (TPSA) is 93.2 Å². The molecule has 0 fully saturated rings. The molecule has 1 amide bonds. The summed E-state index contributed by atoms with van der Waals surface area (Å²) in [6.45, 7) is 8.29. The number of aliphatic hydroxyl groups is 1. The Kier molecular flexibility index (Phi) is 5.16. The van der Waals surface area contributed by atoms with Gasteiger partial charge in [-0.05, 0) is 18.3 Å². The number of nitrogens with one attached hydrogen (secondary N) is 1. The molecule has 0 aliphatic rings. The summed E-state index contributed by atoms with van der Waals surface area (Å²) in [5.41, 5.74) is 7.42. The fraction of sp³-hybridized carbons (Fsp3) is 0.714. The minimum Gasteiger partial charge on any atom is -0.395 e. The number of amides is 1. The summed E-state index contributed by atoms with van der Waals surface area (Å²) in [5, 5.41) is 16.8. The van der Waals surface area contributed by atoms with Crippen LogP contribution in [0.25, 0.3) is 0 Å². The standard InChI is InChI=1S/C14H26N4O2/c1-6-10-11(15)12(18(5)17-10)13(20)16-8-9(19)7-14(2,3)4/h9,19H,6-8,15H2,1-5H3,(H,16,20). The summed E-state index contributed by atoms with van der Waals surface area (Å²) in [5.74, 6) is -0.301. The van der Waals surface area contributed by atoms with Gasteiger partial charge in [0.1, 0.15) is 5.69 Å². The van der Waals surface area contributed by atoms with Crippen LogP contribution in [0, 0.1) is 5.41 Å². The van der Waals surface area contributed by atoms with Crippen LogP contribution >= 0.6 is 0 Å². The van der Waals surface area contributed by atoms with Crippen LogP contribution in [0.4, 0.5) is 5.69 Å². The summed E-state index contributed by atoms with van der Waals surface area (Å²) in [7, 11) is 1.69. The molecule has 1 aromatic heterocycles. The van der Waals surface area contributed by atoms with Crippen molar-refractivity contribution in [1.29, 1.82) is 0 Å². The number of nitrogens with two attached hydrogens (primary N) is 1. The molecule has 114 valence electrons. The van der Waals surface area contributed by atoms with Gasteiger partial charge in [-0.3, -0.25) is 9.48 Å². The van der Waals surface area contributed by atoms with Gasteiger partial charge in [-0.15, -0.1) is 0 Å². The van der Waals surface area contributed by atoms with E-state index < -0.39 is 6.10 Å². The van der Waals surface area contributed by atoms with Gasteiger partial charge in [-0.25, -0.2) is 0 Å². The average Bonchev–Trinajstić information content (AvgIpc) is 2.59. The first-order valence-corrected chi connectivity index (χ1v) is 6.93. The van der Waals surface area contributed by atoms with Gasteiger partial charge < -0.3 is 16.2 Å². The highest BCUT2D eigenvalue weighted by Gasteiger charge is 2.21. The number of carbonyl (C=O) groups excluding carboxylic acids is 1. The Labute approximate surface area is 120 Å². The molecule has 0 aliphatic carbocycles. The fourth-order valence-corrected chi connectivity index (χ4v) is 2.20. The van der Waals surface area contributed by atoms with E-state index in [0.717, 1.165) is 0 Å². The molecule has 1 heterocycles. The number of carbonyl (C=O) groups is 1. The van der Waals surface area contributed by atoms with Crippen LogP contribution in [0.3, 0.4) is 0 Å². The van der Waals surface area contributed by atoms with Crippen molar-refractivity contribution in [1.82, 2.24) is 15.1 Å². The van der Waals surface area contributed by atoms with Gasteiger partial charge in [0.25, 0.3) is 5.91 Å². The van der Waals surface area contributed by atoms with E-state index >= 15 is 0 Å². The van der Waals surface area contributed by atoms with Crippen molar-refractivity contribution < 1.29 is 9.90 Å². The van der Waals surface area contributed by atoms with Gasteiger partial charge in [0.05, 0.1) is 17.5 Å². The van der Waals surface area contributed by atoms with Gasteiger partial charge in [0, 0.05) is 13.6 Å². The lowest BCUT2D eigenvalue weighted by Gasteiger charge is -2.22. The summed E-state index contributed by atoms with van der Waals surface area (Å²) in [6, 6.07) is 0. The second kappa shape index (κ2) is 6.26. The van der Waals surface area contributed by atoms with Gasteiger partial charge >= 0.3 is 0 Å². The van der Waals surface area contributed by atoms with Crippen LogP contribution in [0.5, 0.6) is 0 Å². The lowest BCUT2D eigenvalue weighted by atomic mass is 9.89. The van der Waals surface area contributed by atoms with E-state index in [0.29, 0.717) is 29.9 Å². The third-order valence-corrected chi connectivity index (χ3v) is 3.06. The van der Waals surface area contributed by atoms with Gasteiger partial charge in [0.2, 0.25) is 0 Å². The molecule has 1 rings (SSSR count). The van der Waals surface area contributed by atoms with E-state index in [2.05, 4.69) is 10.4 Å². The monoisotopic (exact) mass is 282 g/mol. The molecule has 1 unspecified atom stereocenters. The van der Waals surface area contributed by atoms with E-state index in [4.69, 9.17) is 5.73 Å². The Hall–Kier alpha value is -1.56. The Morgan fingerprint density at radius 3 is 2.55 bits per heavy atom. The fourth-order valence-electron chi connectivity index (χ4n) is 2.20. The molecule has 0 saturated heterocycles. The molecule has 6 heteroatoms. The van der Waals surface area contributed by atoms with Crippen molar-refractivity contribution in [2.24, 2.45) is 12.5 Å². The zero-order valence-electron chi connectivity index (χ0n) is 13.0. The molecule has 0 saturated carbocycles. The molecule has 0 bridgehead atoms. The molecule has 1 atom stereocenters. The lowest BCUT2D eigenvalue weighted by molar-refractivity contribution is 0.0861. The first-order valence-electron chi connectivity index (χ1n) is 6.93. The number of anilines is 1. The number of hydrogen-bond donors (Lipinski definition) is 3. The average molecular weight is 282 g/mol. The zero-order chi connectivity index (χ0) is 15.5. The third-order valence-electron chi connectivity index (χ3n) is 3.06. The van der Waals surface area contributed by atoms with Gasteiger partial charge in [0.15, 0.2) is 0 Å². The maximum absolute atomic E-state index is 12.1. The Morgan fingerprint density at radius 1 is 1.50 bits per heavy atom. The second-order valence-corrected chi connectivity index (χ2v) is 6.31. The summed E-state index contributed by atoms with van der Waals surface area (Å²) >= 11 is 0. The van der Waals surface area contributed by atoms with Crippen LogP contribution in [-0.4, -0.2) is 33.4 Å². The summed E-state index contributed by atoms with van der Waals surface area (Å²) in [6.07, 6.45) is 0.729. The number of aliphatic hydroxyl groups excluding tert-OH is 1. The SMILES string of the molecule is CCc1nn(C)c(C(=O)NCC(O)CC(C)(C)C)c1N. The molecule has 0 aromatic carbocycles. The number of hydrogen-bond acceptors (Lipinski definition) is 4. The smallest absolute Gasteiger partial charge is 0.271 e. The maximum atomic E-state index is 12.1. The van der Waals surface area contributed by atoms with Crippen LogP contribution in [0.2, 0.25) is 0 Å². The minimum atomic E-state index is -0.570. The van der Waals surface area contributed by atoms with E-state index in [9.17, 15) is 9.90 Å². The molecule has 4 N–H and O–H groups in total. The minimum absolute atomic E-state index is 0.0189. The molecular weight excluding hydrogens is 256 g/mol. The number of aryl methyl sites for hydroxylation is 2. The van der Waals surface area contributed by atoms with Crippen LogP contribution in [0.1, 0.15) is 50.3 Å². The van der Waals surface area contributed by atoms with Crippen LogP contribution < -0.4 is 11.1 Å². The molecule has 0 radical (unpaired) electrons. The summed E-state index contributed by atoms with van der Waals surface area (Å²) in [4.78, 5) is 12.1. The van der Waals surface area contributed by atoms with E-state index in [-0.39, 0.29) is 17.9 Å². The Morgan fingerprint density at radius 2 is 2.10 bits per heavy atom. The van der Waals surface area contributed by atoms with Crippen LogP contribution in [0.15, 0.2) is 0 Å². The molecule has 6 nitrogen and oxygen atoms in total. The highest BCUT2D eigenvalue weighted by atomic mass is 16.3. The van der Waals surface area contributed by atoms with Crippen molar-refractivity contribution in [3.63, 3.8) is 0 Å². The zero-order valence-corrected chi connectivity index (χ0v) is 13.0. The van der Waals surface area contributed by atoms with Gasteiger partial charge in [-0.1, -0.05) is 27.7 Å². The van der Waals surface area contributed by atoms with Crippen molar-refractivity contribution in [2.45, 2.75) is 46.6 Å². The van der Waals surface area contributed by atoms with Crippen molar-refractivity contribution in [3.8, 4) is 0 Å². The highest BCUT2D eigenvalue weighted by molar-refractivity contribution is 5.97. The summed E-state index contributed by atoms with van der Waals surface area (Å²) < 4.78 is 1.49. The molecular formula is C14H26N4O2. The normalized spacial score (nSPS) is 13.3. The number of nitrogens with zero attached hydrogens (tertiary/aromatic N) is 2. The first-order chi connectivity index (χ1) is 9.15. The predicted octanol–water partition coefficient (Wildman–Crippen LogP) is 1.09. The number of aromatic nitrogens is 2. The molecule has 1 aromatic rings. The van der Waals surface area contributed by atoms with E-state index in [1.807, 2.05) is 27.7 Å². The second-order valence-electron chi connectivity index (χ2n) is 6.31.